The van der Waals surface area contributed by atoms with E-state index in [0.29, 0.717) is 39.2 Å². The third-order valence-corrected chi connectivity index (χ3v) is 6.75. The summed E-state index contributed by atoms with van der Waals surface area (Å²) in [6.07, 6.45) is 1.16. The second kappa shape index (κ2) is 9.20. The smallest absolute Gasteiger partial charge is 0.336 e. The van der Waals surface area contributed by atoms with Gasteiger partial charge in [0.1, 0.15) is 5.75 Å². The van der Waals surface area contributed by atoms with E-state index < -0.39 is 5.97 Å². The van der Waals surface area contributed by atoms with Crippen molar-refractivity contribution in [1.82, 2.24) is 19.9 Å². The minimum Gasteiger partial charge on any atom is -0.478 e. The van der Waals surface area contributed by atoms with Crippen LogP contribution in [0.25, 0.3) is 22.4 Å². The molecule has 5 rings (SSSR count). The van der Waals surface area contributed by atoms with Gasteiger partial charge in [-0.25, -0.2) is 9.78 Å². The summed E-state index contributed by atoms with van der Waals surface area (Å²) in [4.78, 5) is 28.2. The summed E-state index contributed by atoms with van der Waals surface area (Å²) in [5.74, 6) is -0.642. The Bertz CT molecular complexity index is 1400. The molecular weight excluding hydrogens is 466 g/mol. The zero-order valence-electron chi connectivity index (χ0n) is 19.7. The lowest BCUT2D eigenvalue weighted by Gasteiger charge is -2.22. The number of nitrogens with zero attached hydrogens (tertiary/aromatic N) is 4. The molecule has 8 nitrogen and oxygen atoms in total. The number of aromatic amines is 1. The second-order valence-electron chi connectivity index (χ2n) is 9.01. The van der Waals surface area contributed by atoms with Gasteiger partial charge >= 0.3 is 12.0 Å². The summed E-state index contributed by atoms with van der Waals surface area (Å²) in [6, 6.07) is 15.7. The van der Waals surface area contributed by atoms with Crippen molar-refractivity contribution in [2.24, 2.45) is 0 Å². The first kappa shape index (κ1) is 23.1. The zero-order valence-corrected chi connectivity index (χ0v) is 20.5. The molecule has 0 spiro atoms. The highest BCUT2D eigenvalue weighted by Gasteiger charge is 2.24. The first-order chi connectivity index (χ1) is 16.8. The Morgan fingerprint density at radius 1 is 1.17 bits per heavy atom. The number of halogens is 1. The second-order valence-corrected chi connectivity index (χ2v) is 9.42. The Morgan fingerprint density at radius 2 is 1.94 bits per heavy atom. The fourth-order valence-corrected chi connectivity index (χ4v) is 4.64. The number of benzene rings is 2. The molecule has 0 radical (unpaired) electrons. The van der Waals surface area contributed by atoms with Crippen LogP contribution in [0.1, 0.15) is 22.3 Å². The number of fused-ring (bicyclic) bond motifs is 1. The average Bonchev–Trinajstić information content (AvgIpc) is 3.47. The quantitative estimate of drug-likeness (QED) is 0.382. The maximum absolute atomic E-state index is 11.4. The van der Waals surface area contributed by atoms with Gasteiger partial charge < -0.3 is 24.6 Å². The maximum atomic E-state index is 11.4. The highest BCUT2D eigenvalue weighted by atomic mass is 35.5. The van der Waals surface area contributed by atoms with E-state index in [1.165, 1.54) is 11.8 Å². The fraction of sp³-hybridized carbons (Fsp3) is 0.269. The van der Waals surface area contributed by atoms with Gasteiger partial charge in [-0.3, -0.25) is 0 Å². The van der Waals surface area contributed by atoms with Gasteiger partial charge in [-0.15, -0.1) is 0 Å². The summed E-state index contributed by atoms with van der Waals surface area (Å²) in [6.45, 7) is 3.79. The first-order valence-electron chi connectivity index (χ1n) is 11.4. The highest BCUT2D eigenvalue weighted by molar-refractivity contribution is 6.33. The monoisotopic (exact) mass is 491 g/mol. The molecule has 0 bridgehead atoms. The van der Waals surface area contributed by atoms with E-state index in [1.54, 1.807) is 25.1 Å². The van der Waals surface area contributed by atoms with Crippen LogP contribution in [0.15, 0.2) is 48.5 Å². The number of aromatic nitrogens is 3. The molecule has 1 fully saturated rings. The Morgan fingerprint density at radius 3 is 2.63 bits per heavy atom. The van der Waals surface area contributed by atoms with Crippen LogP contribution >= 0.6 is 11.6 Å². The van der Waals surface area contributed by atoms with Crippen molar-refractivity contribution in [2.75, 3.05) is 32.1 Å². The molecular formula is C26H26ClN5O3. The standard InChI is InChI=1S/C26H26ClN5O3/c1-15-4-9-19(12-20(15)25(33)34)35-26-28-22-13-21(27)23(29-24(22)30-26)16-5-7-17(8-6-16)32-11-10-18(14-32)31(2)3/h4-9,12-13,18H,10-11,14H2,1-3H3,(H,33,34)(H,28,29,30). The molecule has 3 heterocycles. The van der Waals surface area contributed by atoms with Crippen molar-refractivity contribution >= 4 is 34.4 Å². The Labute approximate surface area is 208 Å². The number of ether oxygens (including phenoxy) is 1. The Kier molecular flexibility index (Phi) is 6.08. The fourth-order valence-electron chi connectivity index (χ4n) is 4.38. The zero-order chi connectivity index (χ0) is 24.7. The van der Waals surface area contributed by atoms with E-state index in [2.05, 4.69) is 51.0 Å². The molecule has 0 aliphatic carbocycles. The number of carbonyl (C=O) groups is 1. The van der Waals surface area contributed by atoms with Crippen LogP contribution in [-0.2, 0) is 0 Å². The molecule has 2 aromatic carbocycles. The molecule has 1 unspecified atom stereocenters. The van der Waals surface area contributed by atoms with Crippen molar-refractivity contribution in [3.05, 3.63) is 64.7 Å². The molecule has 35 heavy (non-hydrogen) atoms. The number of aromatic carboxylic acids is 1. The third kappa shape index (κ3) is 4.67. The van der Waals surface area contributed by atoms with E-state index in [4.69, 9.17) is 16.3 Å². The number of rotatable bonds is 6. The van der Waals surface area contributed by atoms with Gasteiger partial charge in [-0.2, -0.15) is 4.98 Å². The topological polar surface area (TPSA) is 94.6 Å². The van der Waals surface area contributed by atoms with Crippen molar-refractivity contribution in [2.45, 2.75) is 19.4 Å². The lowest BCUT2D eigenvalue weighted by atomic mass is 10.1. The van der Waals surface area contributed by atoms with Crippen LogP contribution in [0.2, 0.25) is 5.02 Å². The number of anilines is 1. The summed E-state index contributed by atoms with van der Waals surface area (Å²) in [5.41, 5.74) is 4.64. The van der Waals surface area contributed by atoms with E-state index in [0.717, 1.165) is 25.1 Å². The number of carboxylic acid groups (broad SMARTS) is 1. The van der Waals surface area contributed by atoms with Gasteiger partial charge in [0.2, 0.25) is 0 Å². The minimum atomic E-state index is -1.01. The molecule has 1 saturated heterocycles. The van der Waals surface area contributed by atoms with Crippen LogP contribution in [0.4, 0.5) is 5.69 Å². The molecule has 1 aliphatic heterocycles. The molecule has 2 N–H and O–H groups in total. The molecule has 0 amide bonds. The number of likely N-dealkylation sites (N-methyl/N-ethyl adjacent to an activating group) is 1. The van der Waals surface area contributed by atoms with Crippen LogP contribution < -0.4 is 9.64 Å². The van der Waals surface area contributed by atoms with Gasteiger partial charge in [0.15, 0.2) is 5.65 Å². The lowest BCUT2D eigenvalue weighted by molar-refractivity contribution is 0.0695. The molecule has 1 aliphatic rings. The van der Waals surface area contributed by atoms with Crippen molar-refractivity contribution in [3.8, 4) is 23.0 Å². The normalized spacial score (nSPS) is 15.8. The van der Waals surface area contributed by atoms with Gasteiger partial charge in [0.25, 0.3) is 0 Å². The van der Waals surface area contributed by atoms with Gasteiger partial charge in [0.05, 0.1) is 21.8 Å². The van der Waals surface area contributed by atoms with Crippen LogP contribution in [0.5, 0.6) is 11.8 Å². The molecule has 9 heteroatoms. The van der Waals surface area contributed by atoms with Crippen molar-refractivity contribution < 1.29 is 14.6 Å². The largest absolute Gasteiger partial charge is 0.478 e. The highest BCUT2D eigenvalue weighted by Crippen LogP contribution is 2.32. The third-order valence-electron chi connectivity index (χ3n) is 6.46. The Hall–Kier alpha value is -3.62. The van der Waals surface area contributed by atoms with Crippen LogP contribution in [0.3, 0.4) is 0 Å². The van der Waals surface area contributed by atoms with E-state index in [1.807, 2.05) is 12.1 Å². The molecule has 1 atom stereocenters. The summed E-state index contributed by atoms with van der Waals surface area (Å²) in [5, 5.41) is 9.84. The Balaban J connectivity index is 1.38. The molecule has 4 aromatic rings. The number of hydrogen-bond acceptors (Lipinski definition) is 6. The van der Waals surface area contributed by atoms with E-state index >= 15 is 0 Å². The predicted molar refractivity (Wildman–Crippen MR) is 137 cm³/mol. The van der Waals surface area contributed by atoms with Crippen LogP contribution in [0, 0.1) is 6.92 Å². The van der Waals surface area contributed by atoms with Gasteiger partial charge in [-0.1, -0.05) is 29.8 Å². The van der Waals surface area contributed by atoms with Crippen LogP contribution in [-0.4, -0.2) is 64.2 Å². The van der Waals surface area contributed by atoms with Gasteiger partial charge in [-0.05, 0) is 63.3 Å². The number of imidazole rings is 1. The van der Waals surface area contributed by atoms with Crippen molar-refractivity contribution in [1.29, 1.82) is 0 Å². The molecule has 0 saturated carbocycles. The summed E-state index contributed by atoms with van der Waals surface area (Å²) >= 11 is 6.57. The predicted octanol–water partition coefficient (Wildman–Crippen LogP) is 5.22. The number of H-pyrrole nitrogens is 1. The first-order valence-corrected chi connectivity index (χ1v) is 11.8. The van der Waals surface area contributed by atoms with Crippen molar-refractivity contribution in [3.63, 3.8) is 0 Å². The van der Waals surface area contributed by atoms with Gasteiger partial charge in [0, 0.05) is 30.4 Å². The SMILES string of the molecule is Cc1ccc(Oc2nc3nc(-c4ccc(N5CCC(N(C)C)C5)cc4)c(Cl)cc3[nH]2)cc1C(=O)O. The molecule has 2 aromatic heterocycles. The summed E-state index contributed by atoms with van der Waals surface area (Å²) in [7, 11) is 4.25. The number of nitrogens with one attached hydrogen (secondary N) is 1. The average molecular weight is 492 g/mol. The van der Waals surface area contributed by atoms with E-state index in [9.17, 15) is 9.90 Å². The minimum absolute atomic E-state index is 0.177. The summed E-state index contributed by atoms with van der Waals surface area (Å²) < 4.78 is 5.77. The number of hydrogen-bond donors (Lipinski definition) is 2. The molecule has 180 valence electrons. The maximum Gasteiger partial charge on any atom is 0.336 e. The number of pyridine rings is 1. The number of carboxylic acids is 1. The number of aryl methyl sites for hydroxylation is 1. The van der Waals surface area contributed by atoms with E-state index in [-0.39, 0.29) is 11.6 Å². The lowest BCUT2D eigenvalue weighted by Crippen LogP contribution is -2.31.